The van der Waals surface area contributed by atoms with Gasteiger partial charge in [-0.2, -0.15) is 8.78 Å². The van der Waals surface area contributed by atoms with Crippen LogP contribution in [0.2, 0.25) is 0 Å². The van der Waals surface area contributed by atoms with Crippen LogP contribution in [0.25, 0.3) is 0 Å². The molecule has 0 radical (unpaired) electrons. The summed E-state index contributed by atoms with van der Waals surface area (Å²) in [7, 11) is 0. The van der Waals surface area contributed by atoms with E-state index in [1.807, 2.05) is 6.92 Å². The summed E-state index contributed by atoms with van der Waals surface area (Å²) in [5.74, 6) is 0.0303. The van der Waals surface area contributed by atoms with Gasteiger partial charge in [-0.25, -0.2) is 4.98 Å². The Kier molecular flexibility index (Phi) is 3.87. The van der Waals surface area contributed by atoms with Gasteiger partial charge in [0.1, 0.15) is 11.5 Å². The highest BCUT2D eigenvalue weighted by Crippen LogP contribution is 2.19. The summed E-state index contributed by atoms with van der Waals surface area (Å²) in [6, 6.07) is 2.48. The lowest BCUT2D eigenvalue weighted by atomic mass is 10.3. The van der Waals surface area contributed by atoms with Crippen molar-refractivity contribution in [3.05, 3.63) is 41.2 Å². The summed E-state index contributed by atoms with van der Waals surface area (Å²) >= 11 is 0. The van der Waals surface area contributed by atoms with Crippen molar-refractivity contribution in [1.29, 1.82) is 0 Å². The van der Waals surface area contributed by atoms with Crippen molar-refractivity contribution in [3.63, 3.8) is 0 Å². The average Bonchev–Trinajstić information content (AvgIpc) is 2.95. The van der Waals surface area contributed by atoms with Crippen LogP contribution in [-0.2, 0) is 0 Å². The molecule has 0 aromatic carbocycles. The minimum absolute atomic E-state index is 0.0624. The zero-order valence-corrected chi connectivity index (χ0v) is 11.4. The van der Waals surface area contributed by atoms with Crippen LogP contribution in [0.4, 0.5) is 8.78 Å². The number of aromatic nitrogens is 3. The summed E-state index contributed by atoms with van der Waals surface area (Å²) in [5, 5.41) is 2.65. The van der Waals surface area contributed by atoms with E-state index in [-0.39, 0.29) is 5.69 Å². The van der Waals surface area contributed by atoms with Gasteiger partial charge in [-0.1, -0.05) is 0 Å². The smallest absolute Gasteiger partial charge is 0.319 e. The molecule has 7 heteroatoms. The van der Waals surface area contributed by atoms with Crippen molar-refractivity contribution in [1.82, 2.24) is 19.9 Å². The molecule has 2 N–H and O–H groups in total. The van der Waals surface area contributed by atoms with E-state index in [0.717, 1.165) is 5.69 Å². The van der Waals surface area contributed by atoms with Crippen molar-refractivity contribution >= 4 is 5.91 Å². The fraction of sp³-hybridized carbons (Fsp3) is 0.385. The maximum absolute atomic E-state index is 12.9. The van der Waals surface area contributed by atoms with E-state index >= 15 is 0 Å². The molecule has 0 aliphatic heterocycles. The molecule has 1 amide bonds. The Morgan fingerprint density at radius 2 is 2.10 bits per heavy atom. The number of nitrogens with one attached hydrogen (secondary N) is 2. The first-order valence-corrected chi connectivity index (χ1v) is 6.18. The van der Waals surface area contributed by atoms with Gasteiger partial charge in [-0.15, -0.1) is 0 Å². The number of nitrogens with zero attached hydrogens (tertiary/aromatic N) is 2. The maximum Gasteiger partial charge on any atom is 0.319 e. The van der Waals surface area contributed by atoms with Gasteiger partial charge < -0.3 is 10.3 Å². The van der Waals surface area contributed by atoms with Crippen molar-refractivity contribution in [2.75, 3.05) is 0 Å². The molecule has 0 unspecified atom stereocenters. The number of hydrogen-bond acceptors (Lipinski definition) is 2. The number of alkyl halides is 2. The third kappa shape index (κ3) is 2.71. The highest BCUT2D eigenvalue weighted by Gasteiger charge is 2.21. The third-order valence-electron chi connectivity index (χ3n) is 3.03. The van der Waals surface area contributed by atoms with Gasteiger partial charge in [0.05, 0.1) is 6.04 Å². The number of H-pyrrole nitrogens is 1. The van der Waals surface area contributed by atoms with E-state index in [1.165, 1.54) is 19.1 Å². The molecule has 0 saturated carbocycles. The Hall–Kier alpha value is -2.18. The second-order valence-electron chi connectivity index (χ2n) is 4.65. The zero-order chi connectivity index (χ0) is 14.9. The monoisotopic (exact) mass is 282 g/mol. The highest BCUT2D eigenvalue weighted by atomic mass is 19.3. The van der Waals surface area contributed by atoms with E-state index in [9.17, 15) is 13.6 Å². The molecule has 108 valence electrons. The second-order valence-corrected chi connectivity index (χ2v) is 4.65. The molecule has 0 bridgehead atoms. The van der Waals surface area contributed by atoms with E-state index in [4.69, 9.17) is 0 Å². The van der Waals surface area contributed by atoms with E-state index in [1.54, 1.807) is 13.1 Å². The molecule has 0 spiro atoms. The molecule has 0 fully saturated rings. The molecule has 2 aromatic heterocycles. The summed E-state index contributed by atoms with van der Waals surface area (Å²) < 4.78 is 26.5. The van der Waals surface area contributed by atoms with Crippen molar-refractivity contribution < 1.29 is 13.6 Å². The minimum atomic E-state index is -2.74. The molecular weight excluding hydrogens is 266 g/mol. The Morgan fingerprint density at radius 1 is 1.40 bits per heavy atom. The lowest BCUT2D eigenvalue weighted by molar-refractivity contribution is 0.0614. The largest absolute Gasteiger partial charge is 0.344 e. The molecular formula is C13H16F2N4O. The van der Waals surface area contributed by atoms with Crippen LogP contribution in [0.5, 0.6) is 0 Å². The molecule has 2 aromatic rings. The SMILES string of the molecule is Cc1cnc([C@@H](C)NC(=O)c2ccc(C)n2C(F)F)[nH]1. The van der Waals surface area contributed by atoms with Crippen LogP contribution < -0.4 is 5.32 Å². The van der Waals surface area contributed by atoms with Crippen molar-refractivity contribution in [2.45, 2.75) is 33.4 Å². The van der Waals surface area contributed by atoms with Gasteiger partial charge in [0.15, 0.2) is 0 Å². The predicted octanol–water partition coefficient (Wildman–Crippen LogP) is 2.71. The van der Waals surface area contributed by atoms with Crippen LogP contribution in [0.3, 0.4) is 0 Å². The number of halogens is 2. The molecule has 5 nitrogen and oxygen atoms in total. The quantitative estimate of drug-likeness (QED) is 0.905. The Balaban J connectivity index is 2.16. The van der Waals surface area contributed by atoms with E-state index in [2.05, 4.69) is 15.3 Å². The summed E-state index contributed by atoms with van der Waals surface area (Å²) in [6.07, 6.45) is 1.64. The summed E-state index contributed by atoms with van der Waals surface area (Å²) in [6.45, 7) is 2.36. The number of aryl methyl sites for hydroxylation is 2. The van der Waals surface area contributed by atoms with Crippen LogP contribution in [-0.4, -0.2) is 20.4 Å². The number of aromatic amines is 1. The number of carbonyl (C=O) groups excluding carboxylic acids is 1. The standard InChI is InChI=1S/C13H16F2N4O/c1-7-6-16-11(17-7)9(3)18-12(20)10-5-4-8(2)19(10)13(14)15/h4-6,9,13H,1-3H3,(H,16,17)(H,18,20)/t9-/m1/s1. The Labute approximate surface area is 115 Å². The number of carbonyl (C=O) groups is 1. The maximum atomic E-state index is 12.9. The average molecular weight is 282 g/mol. The second kappa shape index (κ2) is 5.44. The van der Waals surface area contributed by atoms with Gasteiger partial charge in [0.2, 0.25) is 0 Å². The highest BCUT2D eigenvalue weighted by molar-refractivity contribution is 5.93. The molecule has 0 saturated heterocycles. The van der Waals surface area contributed by atoms with Gasteiger partial charge >= 0.3 is 6.55 Å². The molecule has 2 rings (SSSR count). The fourth-order valence-electron chi connectivity index (χ4n) is 1.99. The predicted molar refractivity (Wildman–Crippen MR) is 69.6 cm³/mol. The first-order valence-electron chi connectivity index (χ1n) is 6.18. The van der Waals surface area contributed by atoms with Gasteiger partial charge in [0, 0.05) is 17.6 Å². The fourth-order valence-corrected chi connectivity index (χ4v) is 1.99. The number of amides is 1. The van der Waals surface area contributed by atoms with Gasteiger partial charge in [-0.3, -0.25) is 9.36 Å². The number of imidazole rings is 1. The van der Waals surface area contributed by atoms with Gasteiger partial charge in [0.25, 0.3) is 5.91 Å². The molecule has 0 aliphatic rings. The first kappa shape index (κ1) is 14.2. The van der Waals surface area contributed by atoms with E-state index < -0.39 is 18.5 Å². The van der Waals surface area contributed by atoms with Crippen LogP contribution >= 0.6 is 0 Å². The molecule has 2 heterocycles. The number of rotatable bonds is 4. The summed E-state index contributed by atoms with van der Waals surface area (Å²) in [5.41, 5.74) is 1.15. The molecule has 0 aliphatic carbocycles. The van der Waals surface area contributed by atoms with Crippen LogP contribution in [0, 0.1) is 13.8 Å². The lowest BCUT2D eigenvalue weighted by Gasteiger charge is -2.14. The Morgan fingerprint density at radius 3 is 2.65 bits per heavy atom. The Bertz CT molecular complexity index is 618. The molecule has 1 atom stereocenters. The van der Waals surface area contributed by atoms with Crippen LogP contribution in [0.1, 0.15) is 47.2 Å². The summed E-state index contributed by atoms with van der Waals surface area (Å²) in [4.78, 5) is 19.2. The lowest BCUT2D eigenvalue weighted by Crippen LogP contribution is -2.29. The van der Waals surface area contributed by atoms with Crippen molar-refractivity contribution in [2.24, 2.45) is 0 Å². The van der Waals surface area contributed by atoms with E-state index in [0.29, 0.717) is 16.1 Å². The van der Waals surface area contributed by atoms with Gasteiger partial charge in [-0.05, 0) is 32.9 Å². The minimum Gasteiger partial charge on any atom is -0.344 e. The first-order chi connectivity index (χ1) is 9.40. The third-order valence-corrected chi connectivity index (χ3v) is 3.03. The number of hydrogen-bond donors (Lipinski definition) is 2. The topological polar surface area (TPSA) is 62.7 Å². The normalized spacial score (nSPS) is 12.7. The van der Waals surface area contributed by atoms with Crippen LogP contribution in [0.15, 0.2) is 18.3 Å². The molecule has 20 heavy (non-hydrogen) atoms. The van der Waals surface area contributed by atoms with Crippen molar-refractivity contribution in [3.8, 4) is 0 Å². The zero-order valence-electron chi connectivity index (χ0n) is 11.4.